The number of likely N-dealkylation sites (tertiary alicyclic amines) is 1. The van der Waals surface area contributed by atoms with Crippen molar-refractivity contribution >= 4 is 0 Å². The van der Waals surface area contributed by atoms with Gasteiger partial charge in [0.2, 0.25) is 0 Å². The molecule has 0 aromatic carbocycles. The average Bonchev–Trinajstić information content (AvgIpc) is 2.52. The summed E-state index contributed by atoms with van der Waals surface area (Å²) in [6.45, 7) is 5.78. The van der Waals surface area contributed by atoms with E-state index in [-0.39, 0.29) is 5.54 Å². The fraction of sp³-hybridized carbons (Fsp3) is 1.00. The van der Waals surface area contributed by atoms with Crippen molar-refractivity contribution < 1.29 is 4.74 Å². The lowest BCUT2D eigenvalue weighted by Crippen LogP contribution is -2.54. The molecule has 1 fully saturated rings. The Kier molecular flexibility index (Phi) is 4.52. The van der Waals surface area contributed by atoms with Crippen LogP contribution in [-0.4, -0.2) is 68.8 Å². The van der Waals surface area contributed by atoms with E-state index >= 15 is 0 Å². The fourth-order valence-electron chi connectivity index (χ4n) is 2.44. The van der Waals surface area contributed by atoms with E-state index in [1.807, 2.05) is 0 Å². The van der Waals surface area contributed by atoms with E-state index in [4.69, 9.17) is 10.5 Å². The summed E-state index contributed by atoms with van der Waals surface area (Å²) >= 11 is 0. The van der Waals surface area contributed by atoms with E-state index in [0.29, 0.717) is 6.04 Å². The van der Waals surface area contributed by atoms with E-state index in [1.165, 1.54) is 0 Å². The molecule has 1 rings (SSSR count). The van der Waals surface area contributed by atoms with E-state index in [9.17, 15) is 0 Å². The van der Waals surface area contributed by atoms with Crippen molar-refractivity contribution in [3.05, 3.63) is 0 Å². The van der Waals surface area contributed by atoms with Crippen molar-refractivity contribution in [2.75, 3.05) is 47.4 Å². The predicted octanol–water partition coefficient (Wildman–Crippen LogP) is -0.0139. The largest absolute Gasteiger partial charge is 0.383 e. The van der Waals surface area contributed by atoms with Gasteiger partial charge in [0.15, 0.2) is 0 Å². The van der Waals surface area contributed by atoms with Crippen LogP contribution in [-0.2, 0) is 4.74 Å². The molecule has 4 nitrogen and oxygen atoms in total. The highest BCUT2D eigenvalue weighted by molar-refractivity contribution is 5.01. The van der Waals surface area contributed by atoms with Crippen LogP contribution >= 0.6 is 0 Å². The lowest BCUT2D eigenvalue weighted by atomic mass is 9.94. The van der Waals surface area contributed by atoms with Gasteiger partial charge in [-0.25, -0.2) is 0 Å². The van der Waals surface area contributed by atoms with Gasteiger partial charge in [-0.3, -0.25) is 4.90 Å². The molecule has 15 heavy (non-hydrogen) atoms. The number of rotatable bonds is 5. The highest BCUT2D eigenvalue weighted by Crippen LogP contribution is 2.29. The van der Waals surface area contributed by atoms with Crippen LogP contribution in [0.5, 0.6) is 0 Å². The minimum atomic E-state index is 0.146. The van der Waals surface area contributed by atoms with Crippen molar-refractivity contribution in [2.24, 2.45) is 5.73 Å². The summed E-state index contributed by atoms with van der Waals surface area (Å²) in [6, 6.07) is 0.624. The third-order valence-corrected chi connectivity index (χ3v) is 3.79. The molecule has 0 radical (unpaired) electrons. The smallest absolute Gasteiger partial charge is 0.0589 e. The molecule has 1 aliphatic rings. The van der Waals surface area contributed by atoms with Crippen molar-refractivity contribution in [1.29, 1.82) is 0 Å². The maximum Gasteiger partial charge on any atom is 0.0589 e. The van der Waals surface area contributed by atoms with E-state index < -0.39 is 0 Å². The van der Waals surface area contributed by atoms with Gasteiger partial charge in [0.1, 0.15) is 0 Å². The third-order valence-electron chi connectivity index (χ3n) is 3.79. The molecule has 0 saturated carbocycles. The quantitative estimate of drug-likeness (QED) is 0.700. The minimum Gasteiger partial charge on any atom is -0.383 e. The van der Waals surface area contributed by atoms with Gasteiger partial charge in [0.05, 0.1) is 6.61 Å². The highest BCUT2D eigenvalue weighted by Gasteiger charge is 2.42. The molecule has 4 heteroatoms. The predicted molar refractivity (Wildman–Crippen MR) is 63.0 cm³/mol. The molecular weight excluding hydrogens is 190 g/mol. The fourth-order valence-corrected chi connectivity index (χ4v) is 2.44. The van der Waals surface area contributed by atoms with Crippen molar-refractivity contribution in [2.45, 2.75) is 24.9 Å². The van der Waals surface area contributed by atoms with Crippen molar-refractivity contribution in [3.63, 3.8) is 0 Å². The molecule has 1 aliphatic heterocycles. The Balaban J connectivity index is 2.61. The first-order chi connectivity index (χ1) is 7.05. The number of methoxy groups -OCH3 is 1. The minimum absolute atomic E-state index is 0.146. The molecule has 90 valence electrons. The lowest BCUT2D eigenvalue weighted by Gasteiger charge is -2.37. The second-order valence-electron chi connectivity index (χ2n) is 4.81. The van der Waals surface area contributed by atoms with Crippen LogP contribution in [0.2, 0.25) is 0 Å². The number of hydrogen-bond donors (Lipinski definition) is 1. The Labute approximate surface area is 93.4 Å². The SMILES string of the molecule is COCCN(C)C1(CN)CC(C)N(C)C1. The Morgan fingerprint density at radius 3 is 2.67 bits per heavy atom. The molecule has 2 atom stereocenters. The van der Waals surface area contributed by atoms with E-state index in [0.717, 1.165) is 32.7 Å². The summed E-state index contributed by atoms with van der Waals surface area (Å²) in [7, 11) is 6.07. The number of ether oxygens (including phenoxy) is 1. The van der Waals surface area contributed by atoms with E-state index in [1.54, 1.807) is 7.11 Å². The molecule has 0 amide bonds. The van der Waals surface area contributed by atoms with Gasteiger partial charge in [-0.15, -0.1) is 0 Å². The van der Waals surface area contributed by atoms with Crippen LogP contribution in [0, 0.1) is 0 Å². The topological polar surface area (TPSA) is 41.7 Å². The summed E-state index contributed by atoms with van der Waals surface area (Å²) < 4.78 is 5.12. The first-order valence-corrected chi connectivity index (χ1v) is 5.66. The molecule has 2 N–H and O–H groups in total. The first-order valence-electron chi connectivity index (χ1n) is 5.66. The second-order valence-corrected chi connectivity index (χ2v) is 4.81. The molecule has 0 aromatic heterocycles. The van der Waals surface area contributed by atoms with Gasteiger partial charge in [0.25, 0.3) is 0 Å². The summed E-state index contributed by atoms with van der Waals surface area (Å²) in [5, 5.41) is 0. The van der Waals surface area contributed by atoms with Gasteiger partial charge in [-0.2, -0.15) is 0 Å². The maximum absolute atomic E-state index is 5.96. The summed E-state index contributed by atoms with van der Waals surface area (Å²) in [5.74, 6) is 0. The van der Waals surface area contributed by atoms with Crippen molar-refractivity contribution in [3.8, 4) is 0 Å². The normalized spacial score (nSPS) is 32.8. The zero-order valence-electron chi connectivity index (χ0n) is 10.5. The van der Waals surface area contributed by atoms with E-state index in [2.05, 4.69) is 30.8 Å². The molecule has 1 saturated heterocycles. The molecule has 0 aromatic rings. The number of likely N-dealkylation sites (N-methyl/N-ethyl adjacent to an activating group) is 2. The van der Waals surface area contributed by atoms with Crippen LogP contribution in [0.25, 0.3) is 0 Å². The zero-order valence-corrected chi connectivity index (χ0v) is 10.5. The highest BCUT2D eigenvalue weighted by atomic mass is 16.5. The molecule has 2 unspecified atom stereocenters. The van der Waals surface area contributed by atoms with Crippen LogP contribution in [0.3, 0.4) is 0 Å². The molecule has 1 heterocycles. The van der Waals surface area contributed by atoms with Crippen LogP contribution < -0.4 is 5.73 Å². The van der Waals surface area contributed by atoms with Crippen LogP contribution in [0.15, 0.2) is 0 Å². The number of hydrogen-bond acceptors (Lipinski definition) is 4. The van der Waals surface area contributed by atoms with Gasteiger partial charge in [-0.05, 0) is 27.4 Å². The number of nitrogens with zero attached hydrogens (tertiary/aromatic N) is 2. The third kappa shape index (κ3) is 2.69. The summed E-state index contributed by atoms with van der Waals surface area (Å²) in [6.07, 6.45) is 1.15. The van der Waals surface area contributed by atoms with Gasteiger partial charge in [0, 0.05) is 38.3 Å². The first kappa shape index (κ1) is 12.9. The Hall–Kier alpha value is -0.160. The molecular formula is C11H25N3O. The van der Waals surface area contributed by atoms with Crippen LogP contribution in [0.1, 0.15) is 13.3 Å². The maximum atomic E-state index is 5.96. The summed E-state index contributed by atoms with van der Waals surface area (Å²) in [5.41, 5.74) is 6.10. The Morgan fingerprint density at radius 1 is 1.60 bits per heavy atom. The van der Waals surface area contributed by atoms with Gasteiger partial charge < -0.3 is 15.4 Å². The molecule has 0 bridgehead atoms. The van der Waals surface area contributed by atoms with Crippen LogP contribution in [0.4, 0.5) is 0 Å². The van der Waals surface area contributed by atoms with Gasteiger partial charge in [-0.1, -0.05) is 0 Å². The van der Waals surface area contributed by atoms with Crippen molar-refractivity contribution in [1.82, 2.24) is 9.80 Å². The Morgan fingerprint density at radius 2 is 2.27 bits per heavy atom. The zero-order chi connectivity index (χ0) is 11.5. The monoisotopic (exact) mass is 215 g/mol. The lowest BCUT2D eigenvalue weighted by molar-refractivity contribution is 0.0887. The molecule has 0 spiro atoms. The Bertz CT molecular complexity index is 188. The van der Waals surface area contributed by atoms with Gasteiger partial charge >= 0.3 is 0 Å². The standard InChI is InChI=1S/C11H25N3O/c1-10-7-11(8-12,9-13(10)2)14(3)5-6-15-4/h10H,5-9,12H2,1-4H3. The summed E-state index contributed by atoms with van der Waals surface area (Å²) in [4.78, 5) is 4.74. The molecule has 0 aliphatic carbocycles. The average molecular weight is 215 g/mol. The number of nitrogens with two attached hydrogens (primary N) is 1. The second kappa shape index (κ2) is 5.25.